The molecule has 94 valence electrons. The van der Waals surface area contributed by atoms with Gasteiger partial charge in [0.1, 0.15) is 0 Å². The van der Waals surface area contributed by atoms with Crippen molar-refractivity contribution >= 4 is 5.78 Å². The van der Waals surface area contributed by atoms with Gasteiger partial charge in [-0.2, -0.15) is 0 Å². The molecule has 0 N–H and O–H groups in total. The Hall–Kier alpha value is -1.19. The molecule has 17 heavy (non-hydrogen) atoms. The lowest BCUT2D eigenvalue weighted by atomic mass is 10.1. The van der Waals surface area contributed by atoms with E-state index in [0.717, 1.165) is 12.1 Å². The number of likely N-dealkylation sites (N-methyl/N-ethyl adjacent to an activating group) is 1. The third-order valence-electron chi connectivity index (χ3n) is 2.95. The molecule has 1 aromatic rings. The molecule has 0 radical (unpaired) electrons. The van der Waals surface area contributed by atoms with Gasteiger partial charge in [0.25, 0.3) is 0 Å². The highest BCUT2D eigenvalue weighted by atomic mass is 16.5. The molecule has 3 heteroatoms. The third kappa shape index (κ3) is 4.67. The second kappa shape index (κ2) is 7.20. The Morgan fingerprint density at radius 2 is 2.00 bits per heavy atom. The SMILES string of the molecule is COCC(C)N(C)CCC(=O)c1ccccc1. The summed E-state index contributed by atoms with van der Waals surface area (Å²) < 4.78 is 5.09. The number of methoxy groups -OCH3 is 1. The van der Waals surface area contributed by atoms with E-state index < -0.39 is 0 Å². The monoisotopic (exact) mass is 235 g/mol. The Morgan fingerprint density at radius 1 is 1.35 bits per heavy atom. The summed E-state index contributed by atoms with van der Waals surface area (Å²) in [5.41, 5.74) is 0.792. The molecule has 0 aromatic heterocycles. The van der Waals surface area contributed by atoms with Gasteiger partial charge in [-0.25, -0.2) is 0 Å². The Bertz CT molecular complexity index is 337. The second-order valence-electron chi connectivity index (χ2n) is 4.32. The Kier molecular flexibility index (Phi) is 5.87. The average Bonchev–Trinajstić information content (AvgIpc) is 2.36. The third-order valence-corrected chi connectivity index (χ3v) is 2.95. The van der Waals surface area contributed by atoms with Gasteiger partial charge in [0, 0.05) is 31.7 Å². The zero-order valence-corrected chi connectivity index (χ0v) is 10.8. The van der Waals surface area contributed by atoms with E-state index in [4.69, 9.17) is 4.74 Å². The van der Waals surface area contributed by atoms with Crippen LogP contribution in [-0.4, -0.2) is 44.0 Å². The number of carbonyl (C=O) groups is 1. The van der Waals surface area contributed by atoms with Crippen LogP contribution < -0.4 is 0 Å². The van der Waals surface area contributed by atoms with Gasteiger partial charge in [-0.3, -0.25) is 4.79 Å². The van der Waals surface area contributed by atoms with Crippen LogP contribution in [0, 0.1) is 0 Å². The van der Waals surface area contributed by atoms with E-state index in [0.29, 0.717) is 19.1 Å². The minimum atomic E-state index is 0.196. The first-order chi connectivity index (χ1) is 8.15. The van der Waals surface area contributed by atoms with Crippen LogP contribution in [0.1, 0.15) is 23.7 Å². The second-order valence-corrected chi connectivity index (χ2v) is 4.32. The molecule has 0 aliphatic carbocycles. The number of nitrogens with zero attached hydrogens (tertiary/aromatic N) is 1. The van der Waals surface area contributed by atoms with Gasteiger partial charge in [0.2, 0.25) is 0 Å². The molecular weight excluding hydrogens is 214 g/mol. The minimum absolute atomic E-state index is 0.196. The summed E-state index contributed by atoms with van der Waals surface area (Å²) in [6.07, 6.45) is 0.550. The molecule has 1 aromatic carbocycles. The molecule has 0 aliphatic rings. The largest absolute Gasteiger partial charge is 0.383 e. The average molecular weight is 235 g/mol. The van der Waals surface area contributed by atoms with Crippen LogP contribution in [0.25, 0.3) is 0 Å². The van der Waals surface area contributed by atoms with E-state index >= 15 is 0 Å². The first-order valence-electron chi connectivity index (χ1n) is 5.92. The molecule has 0 spiro atoms. The number of rotatable bonds is 7. The lowest BCUT2D eigenvalue weighted by molar-refractivity contribution is 0.0916. The number of ketones is 1. The van der Waals surface area contributed by atoms with E-state index in [1.807, 2.05) is 37.4 Å². The molecule has 3 nitrogen and oxygen atoms in total. The lowest BCUT2D eigenvalue weighted by Crippen LogP contribution is -2.34. The summed E-state index contributed by atoms with van der Waals surface area (Å²) in [6, 6.07) is 9.77. The first-order valence-corrected chi connectivity index (χ1v) is 5.92. The Labute approximate surface area is 103 Å². The van der Waals surface area contributed by atoms with Gasteiger partial charge < -0.3 is 9.64 Å². The number of ether oxygens (including phenoxy) is 1. The first kappa shape index (κ1) is 13.9. The zero-order chi connectivity index (χ0) is 12.7. The van der Waals surface area contributed by atoms with Gasteiger partial charge in [-0.15, -0.1) is 0 Å². The van der Waals surface area contributed by atoms with Gasteiger partial charge >= 0.3 is 0 Å². The van der Waals surface area contributed by atoms with Gasteiger partial charge in [0.05, 0.1) is 6.61 Å². The highest BCUT2D eigenvalue weighted by Gasteiger charge is 2.11. The number of Topliss-reactive ketones (excluding diaryl/α,β-unsaturated/α-hetero) is 1. The van der Waals surface area contributed by atoms with Crippen LogP contribution in [-0.2, 0) is 4.74 Å². The van der Waals surface area contributed by atoms with Crippen LogP contribution in [0.4, 0.5) is 0 Å². The van der Waals surface area contributed by atoms with E-state index in [-0.39, 0.29) is 5.78 Å². The van der Waals surface area contributed by atoms with Crippen LogP contribution in [0.2, 0.25) is 0 Å². The van der Waals surface area contributed by atoms with E-state index in [1.54, 1.807) is 7.11 Å². The van der Waals surface area contributed by atoms with Crippen molar-refractivity contribution in [3.63, 3.8) is 0 Å². The summed E-state index contributed by atoms with van der Waals surface area (Å²) in [7, 11) is 3.71. The summed E-state index contributed by atoms with van der Waals surface area (Å²) in [4.78, 5) is 14.0. The van der Waals surface area contributed by atoms with Gasteiger partial charge in [0.15, 0.2) is 5.78 Å². The molecule has 0 heterocycles. The Morgan fingerprint density at radius 3 is 2.59 bits per heavy atom. The van der Waals surface area contributed by atoms with Crippen molar-refractivity contribution in [2.45, 2.75) is 19.4 Å². The van der Waals surface area contributed by atoms with Crippen molar-refractivity contribution in [2.75, 3.05) is 27.3 Å². The van der Waals surface area contributed by atoms with E-state index in [9.17, 15) is 4.79 Å². The molecule has 1 unspecified atom stereocenters. The zero-order valence-electron chi connectivity index (χ0n) is 10.8. The quantitative estimate of drug-likeness (QED) is 0.679. The smallest absolute Gasteiger partial charge is 0.164 e. The van der Waals surface area contributed by atoms with Crippen molar-refractivity contribution in [3.8, 4) is 0 Å². The minimum Gasteiger partial charge on any atom is -0.383 e. The summed E-state index contributed by atoms with van der Waals surface area (Å²) in [5.74, 6) is 0.196. The van der Waals surface area contributed by atoms with Crippen LogP contribution in [0.5, 0.6) is 0 Å². The molecule has 0 aliphatic heterocycles. The highest BCUT2D eigenvalue weighted by molar-refractivity contribution is 5.96. The molecule has 1 atom stereocenters. The number of hydrogen-bond acceptors (Lipinski definition) is 3. The topological polar surface area (TPSA) is 29.5 Å². The summed E-state index contributed by atoms with van der Waals surface area (Å²) in [5, 5.41) is 0. The fourth-order valence-corrected chi connectivity index (χ4v) is 1.64. The van der Waals surface area contributed by atoms with Crippen LogP contribution in [0.3, 0.4) is 0 Å². The molecule has 0 bridgehead atoms. The van der Waals surface area contributed by atoms with Crippen molar-refractivity contribution in [1.29, 1.82) is 0 Å². The summed E-state index contributed by atoms with van der Waals surface area (Å²) in [6.45, 7) is 3.55. The summed E-state index contributed by atoms with van der Waals surface area (Å²) >= 11 is 0. The predicted octanol–water partition coefficient (Wildman–Crippen LogP) is 2.23. The van der Waals surface area contributed by atoms with E-state index in [1.165, 1.54) is 0 Å². The van der Waals surface area contributed by atoms with Crippen LogP contribution >= 0.6 is 0 Å². The molecular formula is C14H21NO2. The molecule has 0 fully saturated rings. The van der Waals surface area contributed by atoms with Gasteiger partial charge in [-0.1, -0.05) is 30.3 Å². The van der Waals surface area contributed by atoms with Gasteiger partial charge in [-0.05, 0) is 14.0 Å². The molecule has 0 amide bonds. The number of hydrogen-bond donors (Lipinski definition) is 0. The predicted molar refractivity (Wildman–Crippen MR) is 69.4 cm³/mol. The fourth-order valence-electron chi connectivity index (χ4n) is 1.64. The molecule has 1 rings (SSSR count). The maximum atomic E-state index is 11.9. The van der Waals surface area contributed by atoms with Crippen molar-refractivity contribution < 1.29 is 9.53 Å². The van der Waals surface area contributed by atoms with Crippen LogP contribution in [0.15, 0.2) is 30.3 Å². The molecule has 0 saturated carbocycles. The fraction of sp³-hybridized carbons (Fsp3) is 0.500. The maximum absolute atomic E-state index is 11.9. The van der Waals surface area contributed by atoms with E-state index in [2.05, 4.69) is 11.8 Å². The highest BCUT2D eigenvalue weighted by Crippen LogP contribution is 2.05. The number of benzene rings is 1. The molecule has 0 saturated heterocycles. The standard InChI is InChI=1S/C14H21NO2/c1-12(11-17-3)15(2)10-9-14(16)13-7-5-4-6-8-13/h4-8,12H,9-11H2,1-3H3. The Balaban J connectivity index is 2.38. The van der Waals surface area contributed by atoms with Crippen molar-refractivity contribution in [1.82, 2.24) is 4.90 Å². The maximum Gasteiger partial charge on any atom is 0.164 e. The lowest BCUT2D eigenvalue weighted by Gasteiger charge is -2.23. The van der Waals surface area contributed by atoms with Crippen molar-refractivity contribution in [2.24, 2.45) is 0 Å². The number of carbonyl (C=O) groups excluding carboxylic acids is 1. The van der Waals surface area contributed by atoms with Crippen molar-refractivity contribution in [3.05, 3.63) is 35.9 Å². The normalized spacial score (nSPS) is 12.7.